The molecular weight excluding hydrogens is 419 g/mol. The monoisotopic (exact) mass is 450 g/mol. The average molecular weight is 451 g/mol. The number of aryl methyl sites for hydroxylation is 2. The van der Waals surface area contributed by atoms with Gasteiger partial charge in [0.15, 0.2) is 0 Å². The lowest BCUT2D eigenvalue weighted by Gasteiger charge is -2.43. The number of amides is 1. The smallest absolute Gasteiger partial charge is 0.252 e. The zero-order valence-electron chi connectivity index (χ0n) is 19.5. The van der Waals surface area contributed by atoms with Gasteiger partial charge in [-0.1, -0.05) is 15.5 Å². The van der Waals surface area contributed by atoms with Gasteiger partial charge < -0.3 is 14.7 Å². The van der Waals surface area contributed by atoms with E-state index in [0.717, 1.165) is 59.7 Å². The highest BCUT2D eigenvalue weighted by molar-refractivity contribution is 7.51. The van der Waals surface area contributed by atoms with Crippen molar-refractivity contribution in [1.82, 2.24) is 29.3 Å². The van der Waals surface area contributed by atoms with Gasteiger partial charge in [0.05, 0.1) is 40.3 Å². The largest absolute Gasteiger partial charge is 0.368 e. The van der Waals surface area contributed by atoms with E-state index in [2.05, 4.69) is 60.9 Å². The Morgan fingerprint density at radius 3 is 2.78 bits per heavy atom. The maximum atomic E-state index is 13.2. The van der Waals surface area contributed by atoms with Gasteiger partial charge in [0.1, 0.15) is 0 Å². The summed E-state index contributed by atoms with van der Waals surface area (Å²) in [5.41, 5.74) is 6.29. The molecule has 8 heteroatoms. The van der Waals surface area contributed by atoms with Gasteiger partial charge >= 0.3 is 0 Å². The molecule has 3 aliphatic rings. The minimum atomic E-state index is 0.0398. The molecule has 0 N–H and O–H groups in total. The third kappa shape index (κ3) is 3.67. The van der Waals surface area contributed by atoms with E-state index in [-0.39, 0.29) is 11.7 Å². The molecule has 5 rings (SSSR count). The van der Waals surface area contributed by atoms with Crippen LogP contribution in [0.3, 0.4) is 0 Å². The number of aromatic nitrogens is 3. The number of carbonyl (C=O) groups excluding carboxylic acids is 1. The van der Waals surface area contributed by atoms with Crippen LogP contribution >= 0.6 is 8.58 Å². The first-order valence-corrected chi connectivity index (χ1v) is 12.4. The van der Waals surface area contributed by atoms with Crippen LogP contribution in [-0.4, -0.2) is 73.7 Å². The van der Waals surface area contributed by atoms with Crippen LogP contribution in [0.15, 0.2) is 41.9 Å². The van der Waals surface area contributed by atoms with Crippen LogP contribution in [0.4, 0.5) is 0 Å². The first kappa shape index (κ1) is 21.4. The zero-order chi connectivity index (χ0) is 22.6. The van der Waals surface area contributed by atoms with Crippen molar-refractivity contribution in [1.29, 1.82) is 0 Å². The van der Waals surface area contributed by atoms with Crippen LogP contribution in [0.2, 0.25) is 0 Å². The first-order chi connectivity index (χ1) is 15.3. The molecule has 2 unspecified atom stereocenters. The van der Waals surface area contributed by atoms with Crippen molar-refractivity contribution >= 4 is 25.3 Å². The lowest BCUT2D eigenvalue weighted by atomic mass is 10.1. The highest BCUT2D eigenvalue weighted by Gasteiger charge is 2.34. The number of fused-ring (bicyclic) bond motifs is 2. The van der Waals surface area contributed by atoms with Gasteiger partial charge in [0.2, 0.25) is 0 Å². The Morgan fingerprint density at radius 1 is 1.22 bits per heavy atom. The standard InChI is InChI=1S/C24H31N6OP/c1-6-19-21-10-20(26-30(21)12-16(3)25-19)22-11-23(31)29-14-18(9-15(2)24(29)32-22)28-8-7-27(5)17(4)13-28/h9-12,14,17,24,32H,6-8,13H2,1-5H3/t17-,24?/m0/s1. The van der Waals surface area contributed by atoms with Crippen LogP contribution in [0.25, 0.3) is 10.8 Å². The molecule has 3 aliphatic heterocycles. The molecule has 168 valence electrons. The second-order valence-electron chi connectivity index (χ2n) is 9.11. The molecule has 1 fully saturated rings. The molecule has 2 aromatic heterocycles. The Morgan fingerprint density at radius 2 is 2.03 bits per heavy atom. The molecule has 2 aromatic rings. The Kier molecular flexibility index (Phi) is 5.42. The summed E-state index contributed by atoms with van der Waals surface area (Å²) in [5, 5.41) is 5.83. The molecule has 32 heavy (non-hydrogen) atoms. The summed E-state index contributed by atoms with van der Waals surface area (Å²) >= 11 is 0. The van der Waals surface area contributed by atoms with E-state index in [9.17, 15) is 4.79 Å². The molecule has 5 heterocycles. The second-order valence-corrected chi connectivity index (χ2v) is 10.5. The fourth-order valence-electron chi connectivity index (χ4n) is 4.73. The van der Waals surface area contributed by atoms with Crippen molar-refractivity contribution in [3.8, 4) is 0 Å². The molecule has 0 bridgehead atoms. The molecular formula is C24H31N6OP. The maximum absolute atomic E-state index is 13.2. The Balaban J connectivity index is 1.45. The predicted octanol–water partition coefficient (Wildman–Crippen LogP) is 3.23. The summed E-state index contributed by atoms with van der Waals surface area (Å²) in [6.45, 7) is 11.5. The van der Waals surface area contributed by atoms with Gasteiger partial charge in [-0.3, -0.25) is 9.78 Å². The highest BCUT2D eigenvalue weighted by atomic mass is 31.1. The Labute approximate surface area is 191 Å². The molecule has 3 atom stereocenters. The minimum absolute atomic E-state index is 0.0398. The van der Waals surface area contributed by atoms with E-state index in [1.54, 1.807) is 6.08 Å². The van der Waals surface area contributed by atoms with E-state index in [0.29, 0.717) is 14.6 Å². The van der Waals surface area contributed by atoms with Crippen molar-refractivity contribution in [3.05, 3.63) is 59.0 Å². The van der Waals surface area contributed by atoms with Gasteiger partial charge in [0, 0.05) is 43.3 Å². The molecule has 0 aromatic carbocycles. The third-order valence-electron chi connectivity index (χ3n) is 6.76. The van der Waals surface area contributed by atoms with Gasteiger partial charge in [-0.2, -0.15) is 5.10 Å². The first-order valence-electron chi connectivity index (χ1n) is 11.4. The Hall–Kier alpha value is -2.50. The fraction of sp³-hybridized carbons (Fsp3) is 0.458. The number of hydrogen-bond donors (Lipinski definition) is 0. The van der Waals surface area contributed by atoms with Crippen molar-refractivity contribution in [2.75, 3.05) is 26.7 Å². The topological polar surface area (TPSA) is 57.0 Å². The van der Waals surface area contributed by atoms with E-state index in [4.69, 9.17) is 5.10 Å². The quantitative estimate of drug-likeness (QED) is 0.672. The van der Waals surface area contributed by atoms with Gasteiger partial charge in [-0.15, -0.1) is 0 Å². The van der Waals surface area contributed by atoms with Crippen LogP contribution in [0.1, 0.15) is 37.9 Å². The summed E-state index contributed by atoms with van der Waals surface area (Å²) in [4.78, 5) is 24.6. The normalized spacial score (nSPS) is 25.2. The molecule has 0 aliphatic carbocycles. The number of likely N-dealkylation sites (N-methyl/N-ethyl adjacent to an activating group) is 1. The van der Waals surface area contributed by atoms with Crippen molar-refractivity contribution in [2.45, 2.75) is 45.9 Å². The van der Waals surface area contributed by atoms with E-state index in [1.165, 1.54) is 5.57 Å². The van der Waals surface area contributed by atoms with Crippen LogP contribution in [0.5, 0.6) is 0 Å². The summed E-state index contributed by atoms with van der Waals surface area (Å²) in [6, 6.07) is 2.59. The highest BCUT2D eigenvalue weighted by Crippen LogP contribution is 2.47. The van der Waals surface area contributed by atoms with E-state index in [1.807, 2.05) is 22.5 Å². The summed E-state index contributed by atoms with van der Waals surface area (Å²) in [6.07, 6.45) is 8.92. The number of carbonyl (C=O) groups is 1. The zero-order valence-corrected chi connectivity index (χ0v) is 20.5. The second kappa shape index (κ2) is 8.13. The van der Waals surface area contributed by atoms with E-state index < -0.39 is 0 Å². The molecule has 7 nitrogen and oxygen atoms in total. The third-order valence-corrected chi connectivity index (χ3v) is 8.48. The van der Waals surface area contributed by atoms with Crippen molar-refractivity contribution in [2.24, 2.45) is 0 Å². The molecule has 0 saturated carbocycles. The molecule has 1 saturated heterocycles. The maximum Gasteiger partial charge on any atom is 0.252 e. The molecule has 1 amide bonds. The summed E-state index contributed by atoms with van der Waals surface area (Å²) < 4.78 is 1.91. The number of rotatable bonds is 3. The number of nitrogens with zero attached hydrogens (tertiary/aromatic N) is 6. The van der Waals surface area contributed by atoms with Gasteiger partial charge in [-0.25, -0.2) is 4.52 Å². The van der Waals surface area contributed by atoms with Gasteiger partial charge in [0.25, 0.3) is 5.91 Å². The van der Waals surface area contributed by atoms with Crippen molar-refractivity contribution < 1.29 is 4.79 Å². The number of hydrogen-bond acceptors (Lipinski definition) is 5. The lowest BCUT2D eigenvalue weighted by Crippen LogP contribution is -2.50. The van der Waals surface area contributed by atoms with E-state index >= 15 is 0 Å². The number of piperazine rings is 1. The van der Waals surface area contributed by atoms with Crippen LogP contribution < -0.4 is 0 Å². The molecule has 0 spiro atoms. The summed E-state index contributed by atoms with van der Waals surface area (Å²) in [5.74, 6) is 0.115. The van der Waals surface area contributed by atoms with Gasteiger partial charge in [-0.05, 0) is 52.0 Å². The minimum Gasteiger partial charge on any atom is -0.368 e. The van der Waals surface area contributed by atoms with Crippen LogP contribution in [0, 0.1) is 6.92 Å². The Bertz CT molecular complexity index is 1180. The average Bonchev–Trinajstić information content (AvgIpc) is 3.19. The predicted molar refractivity (Wildman–Crippen MR) is 130 cm³/mol. The van der Waals surface area contributed by atoms with Crippen molar-refractivity contribution in [3.63, 3.8) is 0 Å². The van der Waals surface area contributed by atoms with Crippen LogP contribution in [-0.2, 0) is 11.2 Å². The SMILES string of the molecule is CCc1nc(C)cn2nc(C3=CC(=O)N4C=C(N5CCN(C)[C@@H](C)C5)C=C(C)C4P3)cc12. The summed E-state index contributed by atoms with van der Waals surface area (Å²) in [7, 11) is 2.64. The fourth-order valence-corrected chi connectivity index (χ4v) is 6.15. The molecule has 0 radical (unpaired) electrons. The lowest BCUT2D eigenvalue weighted by molar-refractivity contribution is -0.124. The number of allylic oxidation sites excluding steroid dienone is 1.